The SMILES string of the molecule is C=CC(=O)NC(CCC)C(N)=S. The van der Waals surface area contributed by atoms with Gasteiger partial charge in [-0.3, -0.25) is 4.79 Å². The number of nitrogens with two attached hydrogens (primary N) is 1. The summed E-state index contributed by atoms with van der Waals surface area (Å²) in [7, 11) is 0. The van der Waals surface area contributed by atoms with E-state index in [9.17, 15) is 4.79 Å². The van der Waals surface area contributed by atoms with E-state index in [0.29, 0.717) is 4.99 Å². The number of carbonyl (C=O) groups is 1. The third kappa shape index (κ3) is 4.08. The minimum Gasteiger partial charge on any atom is -0.392 e. The van der Waals surface area contributed by atoms with Gasteiger partial charge < -0.3 is 11.1 Å². The van der Waals surface area contributed by atoms with Crippen molar-refractivity contribution in [3.63, 3.8) is 0 Å². The van der Waals surface area contributed by atoms with Crippen molar-refractivity contribution in [3.8, 4) is 0 Å². The summed E-state index contributed by atoms with van der Waals surface area (Å²) >= 11 is 4.78. The van der Waals surface area contributed by atoms with Crippen LogP contribution in [0.25, 0.3) is 0 Å². The van der Waals surface area contributed by atoms with Crippen LogP contribution in [0.5, 0.6) is 0 Å². The first kappa shape index (κ1) is 11.1. The van der Waals surface area contributed by atoms with Crippen molar-refractivity contribution >= 4 is 23.1 Å². The maximum atomic E-state index is 10.9. The number of hydrogen-bond donors (Lipinski definition) is 2. The van der Waals surface area contributed by atoms with E-state index in [2.05, 4.69) is 11.9 Å². The highest BCUT2D eigenvalue weighted by Gasteiger charge is 2.11. The summed E-state index contributed by atoms with van der Waals surface area (Å²) in [5, 5.41) is 2.64. The smallest absolute Gasteiger partial charge is 0.243 e. The molecule has 0 radical (unpaired) electrons. The molecule has 0 saturated heterocycles. The fraction of sp³-hybridized carbons (Fsp3) is 0.500. The van der Waals surface area contributed by atoms with Crippen LogP contribution in [0.15, 0.2) is 12.7 Å². The summed E-state index contributed by atoms with van der Waals surface area (Å²) in [5.74, 6) is -0.235. The largest absolute Gasteiger partial charge is 0.392 e. The first-order chi connectivity index (χ1) is 5.61. The fourth-order valence-corrected chi connectivity index (χ4v) is 0.982. The molecule has 0 spiro atoms. The van der Waals surface area contributed by atoms with Crippen molar-refractivity contribution in [1.82, 2.24) is 5.32 Å². The van der Waals surface area contributed by atoms with E-state index in [-0.39, 0.29) is 11.9 Å². The van der Waals surface area contributed by atoms with Gasteiger partial charge in [0.25, 0.3) is 0 Å². The Balaban J connectivity index is 4.03. The summed E-state index contributed by atoms with van der Waals surface area (Å²) in [5.41, 5.74) is 5.41. The highest BCUT2D eigenvalue weighted by molar-refractivity contribution is 7.80. The lowest BCUT2D eigenvalue weighted by molar-refractivity contribution is -0.116. The van der Waals surface area contributed by atoms with E-state index in [0.717, 1.165) is 12.8 Å². The molecule has 1 atom stereocenters. The van der Waals surface area contributed by atoms with Crippen LogP contribution in [0.1, 0.15) is 19.8 Å². The highest BCUT2D eigenvalue weighted by Crippen LogP contribution is 1.96. The number of nitrogens with one attached hydrogen (secondary N) is 1. The molecular weight excluding hydrogens is 172 g/mol. The van der Waals surface area contributed by atoms with Crippen LogP contribution >= 0.6 is 12.2 Å². The average molecular weight is 186 g/mol. The van der Waals surface area contributed by atoms with Gasteiger partial charge in [-0.15, -0.1) is 0 Å². The summed E-state index contributed by atoms with van der Waals surface area (Å²) in [6.07, 6.45) is 2.91. The van der Waals surface area contributed by atoms with E-state index in [1.54, 1.807) is 0 Å². The third-order valence-electron chi connectivity index (χ3n) is 1.42. The summed E-state index contributed by atoms with van der Waals surface area (Å²) in [6.45, 7) is 5.34. The Morgan fingerprint density at radius 3 is 2.75 bits per heavy atom. The Morgan fingerprint density at radius 2 is 2.42 bits per heavy atom. The van der Waals surface area contributed by atoms with Crippen LogP contribution in [-0.4, -0.2) is 16.9 Å². The van der Waals surface area contributed by atoms with Crippen molar-refractivity contribution in [2.45, 2.75) is 25.8 Å². The number of hydrogen-bond acceptors (Lipinski definition) is 2. The van der Waals surface area contributed by atoms with Gasteiger partial charge in [0, 0.05) is 0 Å². The molecular formula is C8H14N2OS. The maximum Gasteiger partial charge on any atom is 0.243 e. The van der Waals surface area contributed by atoms with Gasteiger partial charge in [-0.2, -0.15) is 0 Å². The summed E-state index contributed by atoms with van der Waals surface area (Å²) in [6, 6.07) is -0.199. The second kappa shape index (κ2) is 5.71. The summed E-state index contributed by atoms with van der Waals surface area (Å²) in [4.78, 5) is 11.2. The molecule has 0 saturated carbocycles. The molecule has 0 heterocycles. The van der Waals surface area contributed by atoms with Crippen LogP contribution in [-0.2, 0) is 4.79 Å². The Kier molecular flexibility index (Phi) is 5.28. The monoisotopic (exact) mass is 186 g/mol. The molecule has 3 N–H and O–H groups in total. The number of carbonyl (C=O) groups excluding carboxylic acids is 1. The first-order valence-electron chi connectivity index (χ1n) is 3.84. The molecule has 0 aliphatic rings. The molecule has 1 unspecified atom stereocenters. The minimum absolute atomic E-state index is 0.199. The van der Waals surface area contributed by atoms with E-state index in [1.807, 2.05) is 6.92 Å². The lowest BCUT2D eigenvalue weighted by Gasteiger charge is -2.14. The van der Waals surface area contributed by atoms with Crippen molar-refractivity contribution in [1.29, 1.82) is 0 Å². The molecule has 0 aromatic heterocycles. The zero-order chi connectivity index (χ0) is 9.56. The zero-order valence-corrected chi connectivity index (χ0v) is 7.99. The van der Waals surface area contributed by atoms with E-state index < -0.39 is 0 Å². The first-order valence-corrected chi connectivity index (χ1v) is 4.24. The van der Waals surface area contributed by atoms with Crippen molar-refractivity contribution in [3.05, 3.63) is 12.7 Å². The molecule has 3 nitrogen and oxygen atoms in total. The molecule has 12 heavy (non-hydrogen) atoms. The van der Waals surface area contributed by atoms with Gasteiger partial charge in [0.05, 0.1) is 11.0 Å². The van der Waals surface area contributed by atoms with Gasteiger partial charge in [0.1, 0.15) is 0 Å². The molecule has 0 rings (SSSR count). The number of rotatable bonds is 5. The third-order valence-corrected chi connectivity index (χ3v) is 1.71. The Bertz CT molecular complexity index is 191. The van der Waals surface area contributed by atoms with Gasteiger partial charge in [-0.1, -0.05) is 32.1 Å². The molecule has 0 fully saturated rings. The molecule has 0 aliphatic carbocycles. The molecule has 0 bridgehead atoms. The van der Waals surface area contributed by atoms with E-state index in [4.69, 9.17) is 18.0 Å². The predicted molar refractivity (Wildman–Crippen MR) is 53.8 cm³/mol. The van der Waals surface area contributed by atoms with Gasteiger partial charge in [-0.05, 0) is 12.5 Å². The van der Waals surface area contributed by atoms with Gasteiger partial charge >= 0.3 is 0 Å². The van der Waals surface area contributed by atoms with Gasteiger partial charge in [0.2, 0.25) is 5.91 Å². The maximum absolute atomic E-state index is 10.9. The molecule has 1 amide bonds. The van der Waals surface area contributed by atoms with Crippen molar-refractivity contribution in [2.75, 3.05) is 0 Å². The van der Waals surface area contributed by atoms with Crippen molar-refractivity contribution < 1.29 is 4.79 Å². The van der Waals surface area contributed by atoms with Crippen LogP contribution in [0.3, 0.4) is 0 Å². The predicted octanol–water partition coefficient (Wildman–Crippen LogP) is 0.743. The highest BCUT2D eigenvalue weighted by atomic mass is 32.1. The Hall–Kier alpha value is -0.900. The van der Waals surface area contributed by atoms with Crippen LogP contribution < -0.4 is 11.1 Å². The molecule has 4 heteroatoms. The normalized spacial score (nSPS) is 11.8. The second-order valence-corrected chi connectivity index (χ2v) is 2.93. The van der Waals surface area contributed by atoms with E-state index in [1.165, 1.54) is 6.08 Å². The topological polar surface area (TPSA) is 55.1 Å². The summed E-state index contributed by atoms with van der Waals surface area (Å²) < 4.78 is 0. The minimum atomic E-state index is -0.235. The standard InChI is InChI=1S/C8H14N2OS/c1-3-5-6(8(9)12)10-7(11)4-2/h4,6H,2-3,5H2,1H3,(H2,9,12)(H,10,11). The second-order valence-electron chi connectivity index (χ2n) is 2.46. The van der Waals surface area contributed by atoms with Crippen LogP contribution in [0, 0.1) is 0 Å². The van der Waals surface area contributed by atoms with Crippen LogP contribution in [0.2, 0.25) is 0 Å². The lowest BCUT2D eigenvalue weighted by Crippen LogP contribution is -2.42. The van der Waals surface area contributed by atoms with Gasteiger partial charge in [0.15, 0.2) is 0 Å². The molecule has 0 aromatic carbocycles. The number of thiocarbonyl (C=S) groups is 1. The number of amides is 1. The Labute approximate surface area is 78.0 Å². The average Bonchev–Trinajstić information content (AvgIpc) is 2.03. The molecule has 68 valence electrons. The molecule has 0 aromatic rings. The Morgan fingerprint density at radius 1 is 1.83 bits per heavy atom. The van der Waals surface area contributed by atoms with E-state index >= 15 is 0 Å². The van der Waals surface area contributed by atoms with Gasteiger partial charge in [-0.25, -0.2) is 0 Å². The fourth-order valence-electron chi connectivity index (χ4n) is 0.805. The molecule has 0 aliphatic heterocycles. The quantitative estimate of drug-likeness (QED) is 0.492. The zero-order valence-electron chi connectivity index (χ0n) is 7.17. The lowest BCUT2D eigenvalue weighted by atomic mass is 10.1. The van der Waals surface area contributed by atoms with Crippen LogP contribution in [0.4, 0.5) is 0 Å². The van der Waals surface area contributed by atoms with Crippen molar-refractivity contribution in [2.24, 2.45) is 5.73 Å².